The minimum atomic E-state index is -0.0180. The molecule has 138 valence electrons. The Morgan fingerprint density at radius 3 is 2.78 bits per heavy atom. The van der Waals surface area contributed by atoms with Crippen molar-refractivity contribution in [3.05, 3.63) is 76.0 Å². The van der Waals surface area contributed by atoms with Gasteiger partial charge in [0, 0.05) is 29.2 Å². The summed E-state index contributed by atoms with van der Waals surface area (Å²) in [5.41, 5.74) is 3.13. The fraction of sp³-hybridized carbons (Fsp3) is 0.227. The fourth-order valence-corrected chi connectivity index (χ4v) is 4.43. The molecule has 0 fully saturated rings. The highest BCUT2D eigenvalue weighted by molar-refractivity contribution is 7.10. The molecule has 1 N–H and O–H groups in total. The number of methoxy groups -OCH3 is 1. The quantitative estimate of drug-likeness (QED) is 0.666. The zero-order valence-electron chi connectivity index (χ0n) is 15.1. The highest BCUT2D eigenvalue weighted by Crippen LogP contribution is 2.46. The second kappa shape index (κ2) is 7.84. The summed E-state index contributed by atoms with van der Waals surface area (Å²) >= 11 is 1.66. The summed E-state index contributed by atoms with van der Waals surface area (Å²) < 4.78 is 11.7. The minimum Gasteiger partial charge on any atom is -0.493 e. The van der Waals surface area contributed by atoms with E-state index in [9.17, 15) is 4.79 Å². The molecule has 5 heteroatoms. The summed E-state index contributed by atoms with van der Waals surface area (Å²) in [5, 5.41) is 4.97. The monoisotopic (exact) mass is 379 g/mol. The zero-order chi connectivity index (χ0) is 18.6. The molecule has 1 amide bonds. The van der Waals surface area contributed by atoms with Gasteiger partial charge in [-0.2, -0.15) is 0 Å². The number of rotatable bonds is 6. The minimum absolute atomic E-state index is 0.0180. The molecule has 0 radical (unpaired) electrons. The number of amides is 1. The molecular weight excluding hydrogens is 358 g/mol. The lowest BCUT2D eigenvalue weighted by Crippen LogP contribution is -2.22. The lowest BCUT2D eigenvalue weighted by molar-refractivity contribution is -0.116. The van der Waals surface area contributed by atoms with Crippen LogP contribution in [0.2, 0.25) is 0 Å². The van der Waals surface area contributed by atoms with Gasteiger partial charge in [-0.05, 0) is 23.1 Å². The van der Waals surface area contributed by atoms with E-state index in [1.165, 1.54) is 5.56 Å². The molecule has 27 heavy (non-hydrogen) atoms. The molecule has 1 aromatic heterocycles. The van der Waals surface area contributed by atoms with Gasteiger partial charge in [0.2, 0.25) is 5.91 Å². The van der Waals surface area contributed by atoms with Crippen molar-refractivity contribution in [3.8, 4) is 11.5 Å². The number of hydrogen-bond acceptors (Lipinski definition) is 4. The van der Waals surface area contributed by atoms with Crippen LogP contribution < -0.4 is 14.8 Å². The van der Waals surface area contributed by atoms with Crippen LogP contribution in [0, 0.1) is 0 Å². The highest BCUT2D eigenvalue weighted by Gasteiger charge is 2.30. The topological polar surface area (TPSA) is 47.6 Å². The van der Waals surface area contributed by atoms with Gasteiger partial charge < -0.3 is 14.8 Å². The highest BCUT2D eigenvalue weighted by atomic mass is 32.1. The molecule has 0 aliphatic carbocycles. The number of nitrogens with one attached hydrogen (secondary N) is 1. The summed E-state index contributed by atoms with van der Waals surface area (Å²) in [6.45, 7) is 0.549. The van der Waals surface area contributed by atoms with E-state index in [4.69, 9.17) is 9.47 Å². The van der Waals surface area contributed by atoms with Gasteiger partial charge in [0.1, 0.15) is 0 Å². The number of thiophene rings is 1. The van der Waals surface area contributed by atoms with Crippen molar-refractivity contribution in [1.82, 2.24) is 0 Å². The van der Waals surface area contributed by atoms with Gasteiger partial charge in [-0.15, -0.1) is 11.3 Å². The van der Waals surface area contributed by atoms with E-state index >= 15 is 0 Å². The van der Waals surface area contributed by atoms with Gasteiger partial charge in [0.15, 0.2) is 11.5 Å². The standard InChI is InChI=1S/C22H21NO3S/c1-25-19-9-5-8-16(17-14-20(24)23-18-11-13-27-22(17)18)21(19)26-12-10-15-6-3-2-4-7-15/h2-9,11,13,17H,10,12,14H2,1H3,(H,23,24)/t17-/m0/s1. The molecule has 2 aromatic carbocycles. The van der Waals surface area contributed by atoms with E-state index in [0.29, 0.717) is 18.8 Å². The van der Waals surface area contributed by atoms with Crippen LogP contribution in [0.3, 0.4) is 0 Å². The van der Waals surface area contributed by atoms with Crippen LogP contribution in [0.4, 0.5) is 5.69 Å². The van der Waals surface area contributed by atoms with Crippen LogP contribution in [0.1, 0.15) is 28.3 Å². The normalized spacial score (nSPS) is 15.7. The second-order valence-electron chi connectivity index (χ2n) is 6.47. The Bertz CT molecular complexity index is 936. The molecule has 4 rings (SSSR count). The number of benzene rings is 2. The van der Waals surface area contributed by atoms with Gasteiger partial charge in [-0.3, -0.25) is 4.79 Å². The van der Waals surface area contributed by atoms with Gasteiger partial charge >= 0.3 is 0 Å². The maximum absolute atomic E-state index is 12.2. The lowest BCUT2D eigenvalue weighted by Gasteiger charge is -2.25. The first-order valence-electron chi connectivity index (χ1n) is 8.97. The molecular formula is C22H21NO3S. The van der Waals surface area contributed by atoms with Crippen LogP contribution in [0.5, 0.6) is 11.5 Å². The first kappa shape index (κ1) is 17.6. The van der Waals surface area contributed by atoms with Crippen molar-refractivity contribution in [2.75, 3.05) is 19.0 Å². The molecule has 3 aromatic rings. The molecule has 0 bridgehead atoms. The van der Waals surface area contributed by atoms with Crippen LogP contribution in [0.25, 0.3) is 0 Å². The molecule has 0 saturated carbocycles. The number of anilines is 1. The first-order valence-corrected chi connectivity index (χ1v) is 9.85. The summed E-state index contributed by atoms with van der Waals surface area (Å²) in [6.07, 6.45) is 1.23. The number of ether oxygens (including phenoxy) is 2. The smallest absolute Gasteiger partial charge is 0.225 e. The number of fused-ring (bicyclic) bond motifs is 1. The Labute approximate surface area is 162 Å². The van der Waals surface area contributed by atoms with E-state index in [-0.39, 0.29) is 11.8 Å². The Morgan fingerprint density at radius 1 is 1.11 bits per heavy atom. The third-order valence-electron chi connectivity index (χ3n) is 4.76. The second-order valence-corrected chi connectivity index (χ2v) is 7.41. The Balaban J connectivity index is 1.63. The van der Waals surface area contributed by atoms with Crippen molar-refractivity contribution in [3.63, 3.8) is 0 Å². The number of hydrogen-bond donors (Lipinski definition) is 1. The van der Waals surface area contributed by atoms with Crippen LogP contribution in [-0.2, 0) is 11.2 Å². The Morgan fingerprint density at radius 2 is 1.96 bits per heavy atom. The predicted molar refractivity (Wildman–Crippen MR) is 108 cm³/mol. The molecule has 0 saturated heterocycles. The van der Waals surface area contributed by atoms with Crippen LogP contribution in [0.15, 0.2) is 60.0 Å². The summed E-state index contributed by atoms with van der Waals surface area (Å²) in [7, 11) is 1.65. The maximum Gasteiger partial charge on any atom is 0.225 e. The summed E-state index contributed by atoms with van der Waals surface area (Å²) in [5.74, 6) is 1.44. The van der Waals surface area contributed by atoms with E-state index in [1.54, 1.807) is 18.4 Å². The molecule has 0 unspecified atom stereocenters. The summed E-state index contributed by atoms with van der Waals surface area (Å²) in [6, 6.07) is 18.1. The maximum atomic E-state index is 12.2. The fourth-order valence-electron chi connectivity index (χ4n) is 3.46. The Kier molecular flexibility index (Phi) is 5.12. The summed E-state index contributed by atoms with van der Waals surface area (Å²) in [4.78, 5) is 13.4. The molecule has 1 aliphatic rings. The zero-order valence-corrected chi connectivity index (χ0v) is 15.9. The van der Waals surface area contributed by atoms with Crippen molar-refractivity contribution in [2.45, 2.75) is 18.8 Å². The van der Waals surface area contributed by atoms with Crippen molar-refractivity contribution >= 4 is 22.9 Å². The predicted octanol–water partition coefficient (Wildman–Crippen LogP) is 4.85. The van der Waals surface area contributed by atoms with E-state index in [0.717, 1.165) is 28.3 Å². The van der Waals surface area contributed by atoms with Crippen LogP contribution >= 0.6 is 11.3 Å². The number of carbonyl (C=O) groups excluding carboxylic acids is 1. The average molecular weight is 379 g/mol. The third kappa shape index (κ3) is 3.69. The van der Waals surface area contributed by atoms with Gasteiger partial charge in [-0.1, -0.05) is 42.5 Å². The Hall–Kier alpha value is -2.79. The van der Waals surface area contributed by atoms with Crippen molar-refractivity contribution in [1.29, 1.82) is 0 Å². The van der Waals surface area contributed by atoms with Crippen molar-refractivity contribution < 1.29 is 14.3 Å². The number of para-hydroxylation sites is 1. The van der Waals surface area contributed by atoms with Gasteiger partial charge in [0.25, 0.3) is 0 Å². The van der Waals surface area contributed by atoms with Gasteiger partial charge in [-0.25, -0.2) is 0 Å². The molecule has 0 spiro atoms. The van der Waals surface area contributed by atoms with Gasteiger partial charge in [0.05, 0.1) is 19.4 Å². The largest absolute Gasteiger partial charge is 0.493 e. The van der Waals surface area contributed by atoms with E-state index in [2.05, 4.69) is 17.4 Å². The average Bonchev–Trinajstić information content (AvgIpc) is 3.16. The molecule has 2 heterocycles. The SMILES string of the molecule is COc1cccc([C@@H]2CC(=O)Nc3ccsc32)c1OCCc1ccccc1. The molecule has 1 atom stereocenters. The van der Waals surface area contributed by atoms with E-state index in [1.807, 2.05) is 47.8 Å². The van der Waals surface area contributed by atoms with Crippen LogP contribution in [-0.4, -0.2) is 19.6 Å². The molecule has 1 aliphatic heterocycles. The number of carbonyl (C=O) groups is 1. The third-order valence-corrected chi connectivity index (χ3v) is 5.79. The molecule has 4 nitrogen and oxygen atoms in total. The van der Waals surface area contributed by atoms with Crippen molar-refractivity contribution in [2.24, 2.45) is 0 Å². The van der Waals surface area contributed by atoms with E-state index < -0.39 is 0 Å². The lowest BCUT2D eigenvalue weighted by atomic mass is 9.89. The first-order chi connectivity index (χ1) is 13.3.